The van der Waals surface area contributed by atoms with E-state index in [0.717, 1.165) is 16.5 Å². The number of nitrogens with zero attached hydrogens (tertiary/aromatic N) is 1. The van der Waals surface area contributed by atoms with Crippen LogP contribution in [0, 0.1) is 0 Å². The summed E-state index contributed by atoms with van der Waals surface area (Å²) in [7, 11) is 3.92. The molecule has 1 heterocycles. The molecule has 14 heavy (non-hydrogen) atoms. The predicted molar refractivity (Wildman–Crippen MR) is 55.3 cm³/mol. The highest BCUT2D eigenvalue weighted by Crippen LogP contribution is 2.31. The summed E-state index contributed by atoms with van der Waals surface area (Å²) in [6.45, 7) is 0.683. The molecule has 0 atom stereocenters. The van der Waals surface area contributed by atoms with Crippen molar-refractivity contribution in [3.63, 3.8) is 0 Å². The second kappa shape index (κ2) is 3.35. The smallest absolute Gasteiger partial charge is 0.287 e. The summed E-state index contributed by atoms with van der Waals surface area (Å²) in [5.41, 5.74) is 1.59. The Balaban J connectivity index is 2.56. The van der Waals surface area contributed by atoms with E-state index in [1.165, 1.54) is 0 Å². The van der Waals surface area contributed by atoms with Crippen molar-refractivity contribution in [2.45, 2.75) is 6.54 Å². The Labute approximate surface area is 82.6 Å². The summed E-state index contributed by atoms with van der Waals surface area (Å²) in [5.74, 6) is 0.0277. The summed E-state index contributed by atoms with van der Waals surface area (Å²) in [5, 5.41) is 10.6. The van der Waals surface area contributed by atoms with E-state index in [0.29, 0.717) is 6.54 Å². The summed E-state index contributed by atoms with van der Waals surface area (Å²) >= 11 is 0. The number of rotatable bonds is 2. The lowest BCUT2D eigenvalue weighted by Crippen LogP contribution is -2.10. The van der Waals surface area contributed by atoms with Gasteiger partial charge >= 0.3 is 0 Å². The van der Waals surface area contributed by atoms with Crippen LogP contribution in [0.5, 0.6) is 5.95 Å². The van der Waals surface area contributed by atoms with E-state index in [4.69, 9.17) is 4.42 Å². The zero-order valence-electron chi connectivity index (χ0n) is 8.32. The van der Waals surface area contributed by atoms with Crippen molar-refractivity contribution in [2.24, 2.45) is 0 Å². The molecule has 0 fully saturated rings. The highest BCUT2D eigenvalue weighted by molar-refractivity contribution is 5.83. The van der Waals surface area contributed by atoms with Crippen molar-refractivity contribution in [1.29, 1.82) is 0 Å². The molecule has 0 aliphatic rings. The number of para-hydroxylation sites is 1. The fourth-order valence-corrected chi connectivity index (χ4v) is 1.55. The van der Waals surface area contributed by atoms with E-state index in [1.807, 2.05) is 43.3 Å². The number of furan rings is 1. The molecule has 0 unspecified atom stereocenters. The molecule has 1 aromatic heterocycles. The van der Waals surface area contributed by atoms with Gasteiger partial charge in [0.2, 0.25) is 0 Å². The quantitative estimate of drug-likeness (QED) is 0.790. The van der Waals surface area contributed by atoms with Gasteiger partial charge < -0.3 is 14.4 Å². The third kappa shape index (κ3) is 1.46. The van der Waals surface area contributed by atoms with E-state index in [1.54, 1.807) is 0 Å². The maximum absolute atomic E-state index is 9.59. The lowest BCUT2D eigenvalue weighted by atomic mass is 10.1. The normalized spacial score (nSPS) is 11.4. The van der Waals surface area contributed by atoms with Crippen LogP contribution in [0.15, 0.2) is 28.7 Å². The maximum Gasteiger partial charge on any atom is 0.287 e. The first kappa shape index (κ1) is 9.09. The third-order valence-electron chi connectivity index (χ3n) is 2.15. The first-order valence-corrected chi connectivity index (χ1v) is 4.52. The topological polar surface area (TPSA) is 36.6 Å². The summed E-state index contributed by atoms with van der Waals surface area (Å²) in [6, 6.07) is 7.65. The summed E-state index contributed by atoms with van der Waals surface area (Å²) in [6.07, 6.45) is 0. The van der Waals surface area contributed by atoms with Crippen LogP contribution in [-0.2, 0) is 6.54 Å². The standard InChI is InChI=1S/C11H13NO2/c1-12(2)7-9-8-5-3-4-6-10(8)14-11(9)13/h3-6,13H,7H2,1-2H3. The van der Waals surface area contributed by atoms with Gasteiger partial charge in [-0.1, -0.05) is 18.2 Å². The van der Waals surface area contributed by atoms with Gasteiger partial charge in [0, 0.05) is 11.9 Å². The molecule has 2 aromatic rings. The van der Waals surface area contributed by atoms with E-state index < -0.39 is 0 Å². The van der Waals surface area contributed by atoms with Crippen molar-refractivity contribution in [3.8, 4) is 5.95 Å². The van der Waals surface area contributed by atoms with Crippen LogP contribution < -0.4 is 0 Å². The van der Waals surface area contributed by atoms with Crippen molar-refractivity contribution in [3.05, 3.63) is 29.8 Å². The molecular formula is C11H13NO2. The molecule has 0 amide bonds. The number of hydrogen-bond acceptors (Lipinski definition) is 3. The molecule has 1 N–H and O–H groups in total. The maximum atomic E-state index is 9.59. The number of benzene rings is 1. The van der Waals surface area contributed by atoms with Gasteiger partial charge in [-0.25, -0.2) is 0 Å². The monoisotopic (exact) mass is 191 g/mol. The van der Waals surface area contributed by atoms with E-state index in [9.17, 15) is 5.11 Å². The molecule has 0 saturated heterocycles. The van der Waals surface area contributed by atoms with Crippen molar-refractivity contribution < 1.29 is 9.52 Å². The van der Waals surface area contributed by atoms with Gasteiger partial charge in [-0.05, 0) is 20.2 Å². The Morgan fingerprint density at radius 1 is 1.29 bits per heavy atom. The fourth-order valence-electron chi connectivity index (χ4n) is 1.55. The van der Waals surface area contributed by atoms with Gasteiger partial charge in [-0.2, -0.15) is 0 Å². The molecule has 3 nitrogen and oxygen atoms in total. The van der Waals surface area contributed by atoms with E-state index >= 15 is 0 Å². The van der Waals surface area contributed by atoms with Crippen LogP contribution in [0.4, 0.5) is 0 Å². The van der Waals surface area contributed by atoms with Gasteiger partial charge in [0.1, 0.15) is 5.58 Å². The zero-order valence-corrected chi connectivity index (χ0v) is 8.32. The number of hydrogen-bond donors (Lipinski definition) is 1. The zero-order chi connectivity index (χ0) is 10.1. The molecule has 74 valence electrons. The average Bonchev–Trinajstić information content (AvgIpc) is 2.43. The second-order valence-corrected chi connectivity index (χ2v) is 3.62. The van der Waals surface area contributed by atoms with Crippen molar-refractivity contribution in [2.75, 3.05) is 14.1 Å². The van der Waals surface area contributed by atoms with E-state index in [-0.39, 0.29) is 5.95 Å². The van der Waals surface area contributed by atoms with Crippen LogP contribution in [0.1, 0.15) is 5.56 Å². The molecule has 1 aromatic carbocycles. The van der Waals surface area contributed by atoms with Crippen molar-refractivity contribution in [1.82, 2.24) is 4.90 Å². The summed E-state index contributed by atoms with van der Waals surface area (Å²) in [4.78, 5) is 2.00. The molecule has 0 spiro atoms. The average molecular weight is 191 g/mol. The number of aromatic hydroxyl groups is 1. The minimum Gasteiger partial charge on any atom is -0.480 e. The largest absolute Gasteiger partial charge is 0.480 e. The van der Waals surface area contributed by atoms with Crippen LogP contribution in [0.25, 0.3) is 11.0 Å². The van der Waals surface area contributed by atoms with Crippen LogP contribution in [-0.4, -0.2) is 24.1 Å². The molecule has 0 aliphatic carbocycles. The Kier molecular flexibility index (Phi) is 2.17. The number of fused-ring (bicyclic) bond motifs is 1. The van der Waals surface area contributed by atoms with Gasteiger partial charge in [0.15, 0.2) is 0 Å². The molecule has 0 saturated carbocycles. The molecule has 0 aliphatic heterocycles. The predicted octanol–water partition coefficient (Wildman–Crippen LogP) is 2.20. The minimum absolute atomic E-state index is 0.0277. The molecule has 3 heteroatoms. The van der Waals surface area contributed by atoms with Gasteiger partial charge in [-0.15, -0.1) is 0 Å². The molecule has 2 rings (SSSR count). The van der Waals surface area contributed by atoms with Gasteiger partial charge in [-0.3, -0.25) is 0 Å². The third-order valence-corrected chi connectivity index (χ3v) is 2.15. The Morgan fingerprint density at radius 3 is 2.71 bits per heavy atom. The van der Waals surface area contributed by atoms with Gasteiger partial charge in [0.25, 0.3) is 5.95 Å². The molecule has 0 radical (unpaired) electrons. The fraction of sp³-hybridized carbons (Fsp3) is 0.273. The highest BCUT2D eigenvalue weighted by atomic mass is 16.5. The highest BCUT2D eigenvalue weighted by Gasteiger charge is 2.12. The van der Waals surface area contributed by atoms with Crippen LogP contribution in [0.2, 0.25) is 0 Å². The van der Waals surface area contributed by atoms with Crippen LogP contribution in [0.3, 0.4) is 0 Å². The molecule has 0 bridgehead atoms. The minimum atomic E-state index is 0.0277. The lowest BCUT2D eigenvalue weighted by Gasteiger charge is -2.07. The Hall–Kier alpha value is -1.48. The Morgan fingerprint density at radius 2 is 2.00 bits per heavy atom. The van der Waals surface area contributed by atoms with Gasteiger partial charge in [0.05, 0.1) is 5.56 Å². The first-order valence-electron chi connectivity index (χ1n) is 4.52. The molecular weight excluding hydrogens is 178 g/mol. The van der Waals surface area contributed by atoms with Crippen LogP contribution >= 0.6 is 0 Å². The first-order chi connectivity index (χ1) is 6.68. The summed E-state index contributed by atoms with van der Waals surface area (Å²) < 4.78 is 5.23. The lowest BCUT2D eigenvalue weighted by molar-refractivity contribution is 0.325. The van der Waals surface area contributed by atoms with E-state index in [2.05, 4.69) is 0 Å². The Bertz CT molecular complexity index is 445. The SMILES string of the molecule is CN(C)Cc1c(O)oc2ccccc12. The van der Waals surface area contributed by atoms with Crippen molar-refractivity contribution >= 4 is 11.0 Å². The second-order valence-electron chi connectivity index (χ2n) is 3.62.